The summed E-state index contributed by atoms with van der Waals surface area (Å²) in [5.41, 5.74) is 17.2. The van der Waals surface area contributed by atoms with Gasteiger partial charge in [-0.1, -0.05) is 0 Å². The first kappa shape index (κ1) is 31.0. The number of likely N-dealkylation sites (N-methyl/N-ethyl adjacent to an activating group) is 2. The van der Waals surface area contributed by atoms with Crippen LogP contribution in [0.4, 0.5) is 0 Å². The fraction of sp³-hybridized carbons (Fsp3) is 1.00. The number of hydrogen-bond donors (Lipinski definition) is 8. The molecule has 11 N–H and O–H groups in total. The Morgan fingerprint density at radius 1 is 1.03 bits per heavy atom. The van der Waals surface area contributed by atoms with Crippen LogP contribution < -0.4 is 27.8 Å². The van der Waals surface area contributed by atoms with Gasteiger partial charge in [0.05, 0.1) is 24.8 Å². The largest absolute Gasteiger partial charge is 0.397 e. The molecule has 1 saturated carbocycles. The van der Waals surface area contributed by atoms with Crippen molar-refractivity contribution in [2.75, 3.05) is 20.7 Å². The number of nitrogens with two attached hydrogens (primary N) is 3. The van der Waals surface area contributed by atoms with E-state index < -0.39 is 77.2 Å². The highest BCUT2D eigenvalue weighted by molar-refractivity contribution is 7.80. The average molecular weight is 558 g/mol. The maximum absolute atomic E-state index is 11.6. The molecule has 13 atom stereocenters. The van der Waals surface area contributed by atoms with Gasteiger partial charge in [-0.15, -0.1) is 0 Å². The summed E-state index contributed by atoms with van der Waals surface area (Å²) in [5, 5.41) is 27.8. The van der Waals surface area contributed by atoms with Crippen molar-refractivity contribution in [3.63, 3.8) is 0 Å². The van der Waals surface area contributed by atoms with Crippen molar-refractivity contribution in [1.29, 1.82) is 0 Å². The second-order valence-electron chi connectivity index (χ2n) is 10.4. The van der Waals surface area contributed by atoms with Gasteiger partial charge in [-0.2, -0.15) is 8.42 Å². The van der Waals surface area contributed by atoms with E-state index in [1.54, 1.807) is 0 Å². The lowest BCUT2D eigenvalue weighted by Gasteiger charge is -2.49. The number of rotatable bonds is 9. The maximum Gasteiger partial charge on any atom is 0.397 e. The minimum Gasteiger partial charge on any atom is -0.388 e. The van der Waals surface area contributed by atoms with Gasteiger partial charge in [-0.05, 0) is 47.2 Å². The zero-order valence-corrected chi connectivity index (χ0v) is 22.4. The highest BCUT2D eigenvalue weighted by Gasteiger charge is 2.53. The number of aliphatic hydroxyl groups is 2. The lowest BCUT2D eigenvalue weighted by molar-refractivity contribution is -0.304. The van der Waals surface area contributed by atoms with Crippen LogP contribution in [0, 0.1) is 0 Å². The van der Waals surface area contributed by atoms with E-state index in [-0.39, 0.29) is 25.2 Å². The summed E-state index contributed by atoms with van der Waals surface area (Å²) in [5.74, 6) is 0. The highest BCUT2D eigenvalue weighted by Crippen LogP contribution is 2.33. The van der Waals surface area contributed by atoms with E-state index in [4.69, 9.17) is 40.3 Å². The Bertz CT molecular complexity index is 854. The summed E-state index contributed by atoms with van der Waals surface area (Å²) in [6, 6.07) is -2.88. The van der Waals surface area contributed by atoms with Crippen molar-refractivity contribution in [3.8, 4) is 0 Å². The first-order chi connectivity index (χ1) is 17.2. The van der Waals surface area contributed by atoms with Crippen LogP contribution in [0.15, 0.2) is 0 Å². The van der Waals surface area contributed by atoms with Crippen molar-refractivity contribution >= 4 is 10.4 Å². The third-order valence-electron chi connectivity index (χ3n) is 7.45. The van der Waals surface area contributed by atoms with Crippen molar-refractivity contribution < 1.29 is 46.3 Å². The third kappa shape index (κ3) is 7.34. The van der Waals surface area contributed by atoms with Crippen LogP contribution in [-0.4, -0.2) is 123 Å². The zero-order chi connectivity index (χ0) is 27.7. The molecule has 0 radical (unpaired) electrons. The quantitative estimate of drug-likeness (QED) is 0.128. The molecule has 0 spiro atoms. The summed E-state index contributed by atoms with van der Waals surface area (Å²) in [4.78, 5) is 0. The SMILES string of the molecule is CNC(C)C1CCC(N)C(OC2C(N)CC(N)C(OC3OCC(C)(O)C(NC)C3OS(=O)(=O)O)C2O)O1. The maximum atomic E-state index is 11.6. The summed E-state index contributed by atoms with van der Waals surface area (Å²) >= 11 is 0. The molecular weight excluding hydrogens is 514 g/mol. The van der Waals surface area contributed by atoms with Gasteiger partial charge in [-0.3, -0.25) is 4.55 Å². The molecule has 3 rings (SSSR count). The Balaban J connectivity index is 1.77. The molecule has 0 amide bonds. The predicted octanol–water partition coefficient (Wildman–Crippen LogP) is -3.50. The van der Waals surface area contributed by atoms with E-state index in [9.17, 15) is 23.2 Å². The standard InChI is InChI=1S/C21H43N5O10S/c1-9(25-3)13-6-5-10(22)19(33-13)34-15-11(23)7-12(24)16(14(15)27)35-20-17(36-37(29,30)31)18(26-4)21(2,28)8-32-20/h9-20,25-28H,5-8,22-24H2,1-4H3,(H,29,30,31). The van der Waals surface area contributed by atoms with Crippen LogP contribution in [0.1, 0.15) is 33.1 Å². The first-order valence-electron chi connectivity index (χ1n) is 12.4. The van der Waals surface area contributed by atoms with Crippen molar-refractivity contribution in [3.05, 3.63) is 0 Å². The average Bonchev–Trinajstić information content (AvgIpc) is 2.80. The molecule has 2 saturated heterocycles. The summed E-state index contributed by atoms with van der Waals surface area (Å²) in [6.45, 7) is 3.12. The molecule has 0 aromatic carbocycles. The molecule has 15 nitrogen and oxygen atoms in total. The molecule has 1 aliphatic carbocycles. The molecule has 0 aromatic rings. The Morgan fingerprint density at radius 3 is 2.16 bits per heavy atom. The van der Waals surface area contributed by atoms with Crippen LogP contribution in [0.25, 0.3) is 0 Å². The Hall–Kier alpha value is -0.570. The van der Waals surface area contributed by atoms with Gasteiger partial charge in [0.25, 0.3) is 0 Å². The van der Waals surface area contributed by atoms with Crippen LogP contribution in [0.5, 0.6) is 0 Å². The third-order valence-corrected chi connectivity index (χ3v) is 7.92. The molecule has 2 heterocycles. The van der Waals surface area contributed by atoms with Gasteiger partial charge in [0, 0.05) is 18.1 Å². The van der Waals surface area contributed by atoms with E-state index in [2.05, 4.69) is 10.6 Å². The van der Waals surface area contributed by atoms with Gasteiger partial charge in [-0.25, -0.2) is 4.18 Å². The monoisotopic (exact) mass is 557 g/mol. The van der Waals surface area contributed by atoms with Gasteiger partial charge >= 0.3 is 10.4 Å². The summed E-state index contributed by atoms with van der Waals surface area (Å²) in [6.07, 6.45) is -5.84. The van der Waals surface area contributed by atoms with Gasteiger partial charge in [0.1, 0.15) is 30.0 Å². The number of nitrogens with one attached hydrogen (secondary N) is 2. The minimum atomic E-state index is -4.96. The van der Waals surface area contributed by atoms with Gasteiger partial charge in [0.2, 0.25) is 0 Å². The molecule has 0 aromatic heterocycles. The van der Waals surface area contributed by atoms with Gasteiger partial charge < -0.3 is 57.0 Å². The Labute approximate surface area is 217 Å². The molecule has 13 unspecified atom stereocenters. The van der Waals surface area contributed by atoms with E-state index in [0.29, 0.717) is 6.42 Å². The second kappa shape index (κ2) is 12.3. The summed E-state index contributed by atoms with van der Waals surface area (Å²) in [7, 11) is -1.66. The van der Waals surface area contributed by atoms with E-state index in [1.807, 2.05) is 14.0 Å². The smallest absolute Gasteiger partial charge is 0.388 e. The van der Waals surface area contributed by atoms with E-state index in [1.165, 1.54) is 14.0 Å². The molecule has 3 fully saturated rings. The van der Waals surface area contributed by atoms with E-state index >= 15 is 0 Å². The second-order valence-corrected chi connectivity index (χ2v) is 11.5. The normalized spacial score (nSPS) is 46.5. The molecule has 3 aliphatic rings. The lowest BCUT2D eigenvalue weighted by atomic mass is 9.84. The molecule has 16 heteroatoms. The topological polar surface area (TPSA) is 243 Å². The van der Waals surface area contributed by atoms with Crippen LogP contribution in [0.3, 0.4) is 0 Å². The Kier molecular flexibility index (Phi) is 10.3. The molecule has 37 heavy (non-hydrogen) atoms. The van der Waals surface area contributed by atoms with Crippen molar-refractivity contribution in [2.24, 2.45) is 17.2 Å². The number of hydrogen-bond acceptors (Lipinski definition) is 14. The van der Waals surface area contributed by atoms with Crippen LogP contribution >= 0.6 is 0 Å². The van der Waals surface area contributed by atoms with Crippen molar-refractivity contribution in [1.82, 2.24) is 10.6 Å². The molecule has 2 aliphatic heterocycles. The highest BCUT2D eigenvalue weighted by atomic mass is 32.3. The van der Waals surface area contributed by atoms with E-state index in [0.717, 1.165) is 6.42 Å². The predicted molar refractivity (Wildman–Crippen MR) is 130 cm³/mol. The molecular formula is C21H43N5O10S. The Morgan fingerprint density at radius 2 is 1.62 bits per heavy atom. The number of aliphatic hydroxyl groups excluding tert-OH is 1. The van der Waals surface area contributed by atoms with Crippen LogP contribution in [0.2, 0.25) is 0 Å². The fourth-order valence-electron chi connectivity index (χ4n) is 5.25. The first-order valence-corrected chi connectivity index (χ1v) is 13.8. The molecule has 218 valence electrons. The minimum absolute atomic E-state index is 0.0496. The zero-order valence-electron chi connectivity index (χ0n) is 21.6. The fourth-order valence-corrected chi connectivity index (χ4v) is 5.73. The van der Waals surface area contributed by atoms with Crippen molar-refractivity contribution in [2.45, 2.75) is 112 Å². The number of ether oxygens (including phenoxy) is 4. The van der Waals surface area contributed by atoms with Gasteiger partial charge in [0.15, 0.2) is 12.6 Å². The van der Waals surface area contributed by atoms with Crippen LogP contribution in [-0.2, 0) is 33.5 Å². The summed E-state index contributed by atoms with van der Waals surface area (Å²) < 4.78 is 60.9. The lowest BCUT2D eigenvalue weighted by Crippen LogP contribution is -2.69. The molecule has 0 bridgehead atoms.